The largest absolute Gasteiger partial charge is 0.459 e. The van der Waals surface area contributed by atoms with Crippen LogP contribution in [0.5, 0.6) is 0 Å². The van der Waals surface area contributed by atoms with Gasteiger partial charge in [0.05, 0.1) is 37.4 Å². The maximum absolute atomic E-state index is 13.8. The number of hydrogen-bond donors (Lipinski definition) is 2. The van der Waals surface area contributed by atoms with Crippen molar-refractivity contribution in [2.24, 2.45) is 35.5 Å². The predicted molar refractivity (Wildman–Crippen MR) is 148 cm³/mol. The van der Waals surface area contributed by atoms with Crippen molar-refractivity contribution in [3.05, 3.63) is 46.2 Å². The Labute approximate surface area is 244 Å². The summed E-state index contributed by atoms with van der Waals surface area (Å²) in [4.78, 5) is 26.9. The Morgan fingerprint density at radius 2 is 1.93 bits per heavy atom. The van der Waals surface area contributed by atoms with Gasteiger partial charge >= 0.3 is 11.9 Å². The highest BCUT2D eigenvalue weighted by molar-refractivity contribution is 7.08. The van der Waals surface area contributed by atoms with E-state index in [1.807, 2.05) is 32.1 Å². The summed E-state index contributed by atoms with van der Waals surface area (Å²) in [6, 6.07) is 1.70. The van der Waals surface area contributed by atoms with Crippen molar-refractivity contribution in [3.63, 3.8) is 0 Å². The standard InChI is InChI=1S/C30H40O10S/c1-15-10-16(2)30-21(19(11-35-3)29(34)38-25(15)22(31)13-37-5)7-6-18-23(30)24(32)20(12-36-4)26(27(18)40-30)39-28(33)17-8-9-41-14-17/h6-10,14-15,18-27,31-32H,11-13H2,1-5H3. The van der Waals surface area contributed by atoms with Gasteiger partial charge in [-0.15, -0.1) is 0 Å². The van der Waals surface area contributed by atoms with Crippen molar-refractivity contribution in [1.82, 2.24) is 0 Å². The number of esters is 2. The molecule has 5 rings (SSSR count). The van der Waals surface area contributed by atoms with Gasteiger partial charge in [0.2, 0.25) is 0 Å². The SMILES string of the molecule is COCC(O)C1OC(=O)C(COC)C2C=CC3C4OC2(C(C)=CC1C)C3C(O)C(COC)C4OC(=O)c1ccsc1. The molecule has 2 aliphatic carbocycles. The molecule has 1 aromatic rings. The van der Waals surface area contributed by atoms with E-state index in [9.17, 15) is 19.8 Å². The van der Waals surface area contributed by atoms with Crippen molar-refractivity contribution < 1.29 is 48.2 Å². The molecule has 4 aliphatic rings. The van der Waals surface area contributed by atoms with E-state index < -0.39 is 77.6 Å². The van der Waals surface area contributed by atoms with Crippen LogP contribution in [0.2, 0.25) is 0 Å². The molecule has 226 valence electrons. The number of thiophene rings is 1. The molecule has 12 unspecified atom stereocenters. The number of carbonyl (C=O) groups excluding carboxylic acids is 2. The molecule has 2 aliphatic heterocycles. The first-order chi connectivity index (χ1) is 19.7. The van der Waals surface area contributed by atoms with Gasteiger partial charge in [-0.3, -0.25) is 4.79 Å². The molecule has 1 saturated heterocycles. The number of hydrogen-bond acceptors (Lipinski definition) is 11. The Morgan fingerprint density at radius 1 is 1.17 bits per heavy atom. The number of aliphatic hydroxyl groups is 2. The summed E-state index contributed by atoms with van der Waals surface area (Å²) in [5.41, 5.74) is 0.133. The van der Waals surface area contributed by atoms with E-state index in [0.29, 0.717) is 5.56 Å². The molecule has 12 atom stereocenters. The van der Waals surface area contributed by atoms with Crippen LogP contribution in [-0.2, 0) is 33.2 Å². The molecule has 2 N–H and O–H groups in total. The van der Waals surface area contributed by atoms with Crippen LogP contribution in [0.4, 0.5) is 0 Å². The zero-order valence-corrected chi connectivity index (χ0v) is 24.8. The van der Waals surface area contributed by atoms with E-state index >= 15 is 0 Å². The molecule has 0 aromatic carbocycles. The molecule has 0 radical (unpaired) electrons. The third kappa shape index (κ3) is 5.09. The van der Waals surface area contributed by atoms with Crippen molar-refractivity contribution in [3.8, 4) is 0 Å². The van der Waals surface area contributed by atoms with Crippen LogP contribution >= 0.6 is 11.3 Å². The van der Waals surface area contributed by atoms with Crippen molar-refractivity contribution in [2.75, 3.05) is 41.2 Å². The first-order valence-electron chi connectivity index (χ1n) is 14.0. The van der Waals surface area contributed by atoms with Crippen molar-refractivity contribution in [1.29, 1.82) is 0 Å². The lowest BCUT2D eigenvalue weighted by Crippen LogP contribution is -2.59. The van der Waals surface area contributed by atoms with Gasteiger partial charge in [-0.1, -0.05) is 25.2 Å². The van der Waals surface area contributed by atoms with Gasteiger partial charge in [-0.25, -0.2) is 4.79 Å². The zero-order valence-electron chi connectivity index (χ0n) is 24.0. The number of carbonyl (C=O) groups is 2. The predicted octanol–water partition coefficient (Wildman–Crippen LogP) is 2.24. The lowest BCUT2D eigenvalue weighted by atomic mass is 9.56. The van der Waals surface area contributed by atoms with Crippen LogP contribution in [0.15, 0.2) is 40.6 Å². The maximum Gasteiger partial charge on any atom is 0.339 e. The third-order valence-corrected chi connectivity index (χ3v) is 9.95. The minimum absolute atomic E-state index is 0.00352. The first-order valence-corrected chi connectivity index (χ1v) is 14.9. The van der Waals surface area contributed by atoms with E-state index in [-0.39, 0.29) is 25.7 Å². The molecule has 1 aromatic heterocycles. The second-order valence-electron chi connectivity index (χ2n) is 11.6. The van der Waals surface area contributed by atoms with Crippen LogP contribution in [-0.4, -0.2) is 99.4 Å². The molecule has 4 bridgehead atoms. The summed E-state index contributed by atoms with van der Waals surface area (Å²) in [5.74, 6) is -4.03. The van der Waals surface area contributed by atoms with Gasteiger partial charge in [-0.05, 0) is 23.9 Å². The van der Waals surface area contributed by atoms with E-state index in [1.165, 1.54) is 25.6 Å². The fraction of sp³-hybridized carbons (Fsp3) is 0.667. The molecule has 0 amide bonds. The number of cyclic esters (lactones) is 1. The Kier molecular flexibility index (Phi) is 9.06. The Hall–Kier alpha value is -2.12. The highest BCUT2D eigenvalue weighted by Gasteiger charge is 2.71. The highest BCUT2D eigenvalue weighted by atomic mass is 32.1. The van der Waals surface area contributed by atoms with Crippen LogP contribution < -0.4 is 0 Å². The fourth-order valence-electron chi connectivity index (χ4n) is 7.57. The quantitative estimate of drug-likeness (QED) is 0.325. The van der Waals surface area contributed by atoms with Crippen LogP contribution in [0.25, 0.3) is 0 Å². The van der Waals surface area contributed by atoms with Crippen LogP contribution in [0.1, 0.15) is 24.2 Å². The topological polar surface area (TPSA) is 130 Å². The summed E-state index contributed by atoms with van der Waals surface area (Å²) in [5, 5.41) is 26.4. The Bertz CT molecular complexity index is 1150. The molecular formula is C30H40O10S. The second-order valence-corrected chi connectivity index (χ2v) is 12.4. The maximum atomic E-state index is 13.8. The molecule has 2 fully saturated rings. The monoisotopic (exact) mass is 592 g/mol. The molecule has 1 saturated carbocycles. The number of methoxy groups -OCH3 is 3. The van der Waals surface area contributed by atoms with Crippen molar-refractivity contribution in [2.45, 2.75) is 50.0 Å². The molecule has 10 nitrogen and oxygen atoms in total. The highest BCUT2D eigenvalue weighted by Crippen LogP contribution is 2.62. The van der Waals surface area contributed by atoms with E-state index in [0.717, 1.165) is 5.57 Å². The molecule has 3 heterocycles. The van der Waals surface area contributed by atoms with Gasteiger partial charge < -0.3 is 38.6 Å². The summed E-state index contributed by atoms with van der Waals surface area (Å²) in [6.07, 6.45) is 1.64. The normalized spacial score (nSPS) is 40.5. The average Bonchev–Trinajstić information content (AvgIpc) is 3.54. The van der Waals surface area contributed by atoms with E-state index in [4.69, 9.17) is 28.4 Å². The molecular weight excluding hydrogens is 552 g/mol. The van der Waals surface area contributed by atoms with Gasteiger partial charge in [0.15, 0.2) is 0 Å². The summed E-state index contributed by atoms with van der Waals surface area (Å²) in [7, 11) is 4.54. The smallest absolute Gasteiger partial charge is 0.339 e. The van der Waals surface area contributed by atoms with E-state index in [2.05, 4.69) is 0 Å². The molecule has 41 heavy (non-hydrogen) atoms. The number of ether oxygens (including phenoxy) is 6. The average molecular weight is 593 g/mol. The summed E-state index contributed by atoms with van der Waals surface area (Å²) < 4.78 is 35.2. The Morgan fingerprint density at radius 3 is 2.59 bits per heavy atom. The van der Waals surface area contributed by atoms with Crippen molar-refractivity contribution >= 4 is 23.3 Å². The lowest BCUT2D eigenvalue weighted by molar-refractivity contribution is -0.173. The summed E-state index contributed by atoms with van der Waals surface area (Å²) in [6.45, 7) is 4.00. The van der Waals surface area contributed by atoms with Crippen LogP contribution in [0.3, 0.4) is 0 Å². The summed E-state index contributed by atoms with van der Waals surface area (Å²) >= 11 is 1.40. The van der Waals surface area contributed by atoms with Crippen LogP contribution in [0, 0.1) is 35.5 Å². The lowest BCUT2D eigenvalue weighted by Gasteiger charge is -2.49. The zero-order chi connectivity index (χ0) is 29.5. The fourth-order valence-corrected chi connectivity index (χ4v) is 8.20. The third-order valence-electron chi connectivity index (χ3n) is 9.27. The minimum atomic E-state index is -1.11. The van der Waals surface area contributed by atoms with E-state index in [1.54, 1.807) is 23.9 Å². The van der Waals surface area contributed by atoms with Gasteiger partial charge in [-0.2, -0.15) is 11.3 Å². The number of rotatable bonds is 9. The van der Waals surface area contributed by atoms with Gasteiger partial charge in [0.1, 0.15) is 30.0 Å². The molecule has 1 spiro atoms. The van der Waals surface area contributed by atoms with Gasteiger partial charge in [0, 0.05) is 56.3 Å². The first kappa shape index (κ1) is 30.3. The van der Waals surface area contributed by atoms with Gasteiger partial charge in [0.25, 0.3) is 0 Å². The number of aliphatic hydroxyl groups excluding tert-OH is 2. The second kappa shape index (κ2) is 12.2. The minimum Gasteiger partial charge on any atom is -0.459 e. The Balaban J connectivity index is 1.61. The molecule has 11 heteroatoms.